The summed E-state index contributed by atoms with van der Waals surface area (Å²) in [6.07, 6.45) is 3.34. The Hall–Kier alpha value is -1.14. The molecule has 1 atom stereocenters. The molecular formula is C13H17BrN2O3. The maximum Gasteiger partial charge on any atom is 0.312 e. The quantitative estimate of drug-likeness (QED) is 0.666. The van der Waals surface area contributed by atoms with Crippen LogP contribution in [0.5, 0.6) is 5.75 Å². The van der Waals surface area contributed by atoms with Gasteiger partial charge in [0.2, 0.25) is 0 Å². The lowest BCUT2D eigenvalue weighted by Crippen LogP contribution is -2.30. The molecule has 0 amide bonds. The maximum atomic E-state index is 10.9. The number of rotatable bonds is 5. The highest BCUT2D eigenvalue weighted by molar-refractivity contribution is 9.10. The van der Waals surface area contributed by atoms with Crippen LogP contribution in [0.3, 0.4) is 0 Å². The van der Waals surface area contributed by atoms with E-state index < -0.39 is 4.92 Å². The van der Waals surface area contributed by atoms with Crippen molar-refractivity contribution in [2.24, 2.45) is 5.92 Å². The van der Waals surface area contributed by atoms with Crippen molar-refractivity contribution in [1.82, 2.24) is 5.32 Å². The van der Waals surface area contributed by atoms with Crippen molar-refractivity contribution >= 4 is 21.6 Å². The number of ether oxygens (including phenoxy) is 1. The monoisotopic (exact) mass is 328 g/mol. The topological polar surface area (TPSA) is 64.4 Å². The molecule has 104 valence electrons. The predicted octanol–water partition coefficient (Wildman–Crippen LogP) is 3.13. The van der Waals surface area contributed by atoms with Crippen LogP contribution >= 0.6 is 15.9 Å². The van der Waals surface area contributed by atoms with Gasteiger partial charge in [-0.3, -0.25) is 10.1 Å². The molecule has 1 aromatic carbocycles. The SMILES string of the molecule is O=[N+]([O-])c1cc(Br)ccc1OCCC1CCCNC1. The largest absolute Gasteiger partial charge is 0.487 e. The van der Waals surface area contributed by atoms with Gasteiger partial charge >= 0.3 is 5.69 Å². The van der Waals surface area contributed by atoms with Gasteiger partial charge < -0.3 is 10.1 Å². The molecule has 0 saturated carbocycles. The lowest BCUT2D eigenvalue weighted by Gasteiger charge is -2.22. The van der Waals surface area contributed by atoms with Crippen LogP contribution in [0.15, 0.2) is 22.7 Å². The average molecular weight is 329 g/mol. The standard InChI is InChI=1S/C13H17BrN2O3/c14-11-3-4-13(12(8-11)16(17)18)19-7-5-10-2-1-6-15-9-10/h3-4,8,10,15H,1-2,5-7,9H2. The van der Waals surface area contributed by atoms with Gasteiger partial charge in [-0.1, -0.05) is 15.9 Å². The van der Waals surface area contributed by atoms with E-state index in [1.54, 1.807) is 12.1 Å². The zero-order valence-electron chi connectivity index (χ0n) is 10.6. The van der Waals surface area contributed by atoms with Gasteiger partial charge in [0.1, 0.15) is 0 Å². The normalized spacial score (nSPS) is 19.1. The van der Waals surface area contributed by atoms with Crippen molar-refractivity contribution in [2.75, 3.05) is 19.7 Å². The van der Waals surface area contributed by atoms with Crippen LogP contribution < -0.4 is 10.1 Å². The second-order valence-corrected chi connectivity index (χ2v) is 5.63. The fraction of sp³-hybridized carbons (Fsp3) is 0.538. The van der Waals surface area contributed by atoms with Crippen LogP contribution in [-0.2, 0) is 0 Å². The van der Waals surface area contributed by atoms with Crippen LogP contribution in [0.1, 0.15) is 19.3 Å². The minimum absolute atomic E-state index is 0.0103. The third kappa shape index (κ3) is 4.18. The molecule has 1 aliphatic heterocycles. The van der Waals surface area contributed by atoms with Gasteiger partial charge in [-0.05, 0) is 50.4 Å². The molecular weight excluding hydrogens is 312 g/mol. The van der Waals surface area contributed by atoms with Gasteiger partial charge in [0.15, 0.2) is 5.75 Å². The van der Waals surface area contributed by atoms with E-state index in [4.69, 9.17) is 4.74 Å². The second kappa shape index (κ2) is 6.86. The van der Waals surface area contributed by atoms with E-state index in [1.807, 2.05) is 0 Å². The summed E-state index contributed by atoms with van der Waals surface area (Å²) in [6.45, 7) is 2.64. The molecule has 0 aromatic heterocycles. The number of nitro groups is 1. The maximum absolute atomic E-state index is 10.9. The summed E-state index contributed by atoms with van der Waals surface area (Å²) in [5.74, 6) is 0.959. The van der Waals surface area contributed by atoms with Gasteiger partial charge in [0.25, 0.3) is 0 Å². The molecule has 0 radical (unpaired) electrons. The van der Waals surface area contributed by atoms with E-state index in [1.165, 1.54) is 18.9 Å². The number of nitro benzene ring substituents is 1. The Bertz CT molecular complexity index is 448. The summed E-state index contributed by atoms with van der Waals surface area (Å²) in [5, 5.41) is 14.3. The van der Waals surface area contributed by atoms with E-state index in [2.05, 4.69) is 21.2 Å². The van der Waals surface area contributed by atoms with E-state index in [0.29, 0.717) is 22.7 Å². The van der Waals surface area contributed by atoms with Gasteiger partial charge in [-0.25, -0.2) is 0 Å². The number of piperidine rings is 1. The van der Waals surface area contributed by atoms with E-state index >= 15 is 0 Å². The lowest BCUT2D eigenvalue weighted by molar-refractivity contribution is -0.385. The summed E-state index contributed by atoms with van der Waals surface area (Å²) < 4.78 is 6.25. The smallest absolute Gasteiger partial charge is 0.312 e. The summed E-state index contributed by atoms with van der Waals surface area (Å²) >= 11 is 3.23. The highest BCUT2D eigenvalue weighted by Crippen LogP contribution is 2.30. The Balaban J connectivity index is 1.89. The Kier molecular flexibility index (Phi) is 5.15. The summed E-state index contributed by atoms with van der Waals surface area (Å²) in [5.41, 5.74) is 0.0103. The Morgan fingerprint density at radius 3 is 3.05 bits per heavy atom. The summed E-state index contributed by atoms with van der Waals surface area (Å²) in [4.78, 5) is 10.5. The number of hydrogen-bond donors (Lipinski definition) is 1. The van der Waals surface area contributed by atoms with E-state index in [-0.39, 0.29) is 5.69 Å². The Labute approximate surface area is 120 Å². The number of nitrogens with zero attached hydrogens (tertiary/aromatic N) is 1. The van der Waals surface area contributed by atoms with Gasteiger partial charge in [0.05, 0.1) is 11.5 Å². The first-order valence-corrected chi connectivity index (χ1v) is 7.23. The number of benzene rings is 1. The summed E-state index contributed by atoms with van der Waals surface area (Å²) in [7, 11) is 0. The molecule has 1 aromatic rings. The lowest BCUT2D eigenvalue weighted by atomic mass is 9.97. The van der Waals surface area contributed by atoms with Crippen molar-refractivity contribution in [2.45, 2.75) is 19.3 Å². The second-order valence-electron chi connectivity index (χ2n) is 4.72. The molecule has 0 bridgehead atoms. The molecule has 19 heavy (non-hydrogen) atoms. The molecule has 5 nitrogen and oxygen atoms in total. The molecule has 1 aliphatic rings. The molecule has 1 unspecified atom stereocenters. The minimum atomic E-state index is -0.414. The van der Waals surface area contributed by atoms with Gasteiger partial charge in [-0.15, -0.1) is 0 Å². The first-order chi connectivity index (χ1) is 9.16. The van der Waals surface area contributed by atoms with Crippen molar-refractivity contribution < 1.29 is 9.66 Å². The average Bonchev–Trinajstić information content (AvgIpc) is 2.41. The van der Waals surface area contributed by atoms with E-state index in [0.717, 1.165) is 19.5 Å². The van der Waals surface area contributed by atoms with Crippen molar-refractivity contribution in [3.8, 4) is 5.75 Å². The molecule has 1 N–H and O–H groups in total. The Morgan fingerprint density at radius 2 is 2.37 bits per heavy atom. The molecule has 0 spiro atoms. The fourth-order valence-electron chi connectivity index (χ4n) is 2.26. The third-order valence-corrected chi connectivity index (χ3v) is 3.79. The first-order valence-electron chi connectivity index (χ1n) is 6.44. The van der Waals surface area contributed by atoms with Gasteiger partial charge in [0, 0.05) is 10.5 Å². The molecule has 1 saturated heterocycles. The van der Waals surface area contributed by atoms with Crippen molar-refractivity contribution in [3.05, 3.63) is 32.8 Å². The zero-order valence-corrected chi connectivity index (χ0v) is 12.2. The molecule has 1 fully saturated rings. The first kappa shape index (κ1) is 14.3. The third-order valence-electron chi connectivity index (χ3n) is 3.30. The number of nitrogens with one attached hydrogen (secondary N) is 1. The van der Waals surface area contributed by atoms with Crippen molar-refractivity contribution in [1.29, 1.82) is 0 Å². The number of hydrogen-bond acceptors (Lipinski definition) is 4. The molecule has 6 heteroatoms. The fourth-order valence-corrected chi connectivity index (χ4v) is 2.61. The van der Waals surface area contributed by atoms with Crippen LogP contribution in [0.25, 0.3) is 0 Å². The Morgan fingerprint density at radius 1 is 1.53 bits per heavy atom. The van der Waals surface area contributed by atoms with Gasteiger partial charge in [-0.2, -0.15) is 0 Å². The zero-order chi connectivity index (χ0) is 13.7. The van der Waals surface area contributed by atoms with Crippen LogP contribution in [0.4, 0.5) is 5.69 Å². The van der Waals surface area contributed by atoms with Crippen LogP contribution in [-0.4, -0.2) is 24.6 Å². The highest BCUT2D eigenvalue weighted by atomic mass is 79.9. The highest BCUT2D eigenvalue weighted by Gasteiger charge is 2.17. The minimum Gasteiger partial charge on any atom is -0.487 e. The van der Waals surface area contributed by atoms with E-state index in [9.17, 15) is 10.1 Å². The molecule has 1 heterocycles. The van der Waals surface area contributed by atoms with Crippen molar-refractivity contribution in [3.63, 3.8) is 0 Å². The molecule has 2 rings (SSSR count). The summed E-state index contributed by atoms with van der Waals surface area (Å²) in [6, 6.07) is 4.86. The molecule has 0 aliphatic carbocycles. The predicted molar refractivity (Wildman–Crippen MR) is 76.5 cm³/mol. The van der Waals surface area contributed by atoms with Crippen LogP contribution in [0, 0.1) is 16.0 Å². The number of halogens is 1. The van der Waals surface area contributed by atoms with Crippen LogP contribution in [0.2, 0.25) is 0 Å².